The molecule has 1 aliphatic rings. The zero-order valence-corrected chi connectivity index (χ0v) is 10.9. The normalized spacial score (nSPS) is 22.2. The molecule has 2 rings (SSSR count). The summed E-state index contributed by atoms with van der Waals surface area (Å²) in [6.45, 7) is 5.43. The van der Waals surface area contributed by atoms with Crippen molar-refractivity contribution < 1.29 is 14.3 Å². The van der Waals surface area contributed by atoms with Gasteiger partial charge in [0.05, 0.1) is 5.92 Å². The fourth-order valence-electron chi connectivity index (χ4n) is 1.91. The van der Waals surface area contributed by atoms with Crippen LogP contribution in [0, 0.1) is 5.92 Å². The molecule has 0 amide bonds. The van der Waals surface area contributed by atoms with Crippen molar-refractivity contribution in [2.24, 2.45) is 5.92 Å². The Bertz CT molecular complexity index is 496. The number of hydrogen-bond acceptors (Lipinski definition) is 4. The number of Topliss-reactive ketones (excluding diaryl/α,β-unsaturated/α-hetero) is 1. The van der Waals surface area contributed by atoms with Gasteiger partial charge in [-0.05, 0) is 6.07 Å². The van der Waals surface area contributed by atoms with Crippen molar-refractivity contribution in [3.05, 3.63) is 42.5 Å². The third-order valence-corrected chi connectivity index (χ3v) is 4.25. The van der Waals surface area contributed by atoms with Crippen LogP contribution in [0.15, 0.2) is 41.8 Å². The Morgan fingerprint density at radius 1 is 1.50 bits per heavy atom. The molecule has 94 valence electrons. The highest BCUT2D eigenvalue weighted by atomic mass is 32.2. The molecular formula is C14H14O3S. The lowest BCUT2D eigenvalue weighted by Crippen LogP contribution is -2.33. The van der Waals surface area contributed by atoms with Crippen LogP contribution in [0.25, 0.3) is 0 Å². The van der Waals surface area contributed by atoms with Crippen molar-refractivity contribution in [3.8, 4) is 0 Å². The molecule has 1 heterocycles. The van der Waals surface area contributed by atoms with Crippen LogP contribution in [0.2, 0.25) is 0 Å². The van der Waals surface area contributed by atoms with E-state index in [1.165, 1.54) is 0 Å². The van der Waals surface area contributed by atoms with E-state index in [1.54, 1.807) is 11.8 Å². The van der Waals surface area contributed by atoms with Gasteiger partial charge in [0.25, 0.3) is 0 Å². The monoisotopic (exact) mass is 262 g/mol. The molecule has 4 heteroatoms. The maximum absolute atomic E-state index is 12.3. The summed E-state index contributed by atoms with van der Waals surface area (Å²) in [6, 6.07) is 7.53. The van der Waals surface area contributed by atoms with Gasteiger partial charge in [-0.3, -0.25) is 4.79 Å². The van der Waals surface area contributed by atoms with Crippen LogP contribution in [0.4, 0.5) is 0 Å². The Morgan fingerprint density at radius 2 is 2.22 bits per heavy atom. The lowest BCUT2D eigenvalue weighted by atomic mass is 9.95. The Hall–Kier alpha value is -1.55. The van der Waals surface area contributed by atoms with E-state index >= 15 is 0 Å². The standard InChI is InChI=1S/C14H14O3S/c1-3-13(15)17-8-11-9(2)18-12-7-5-4-6-10(12)14(11)16/h3-7,9,11H,1,8H2,2H3. The molecule has 0 saturated heterocycles. The van der Waals surface area contributed by atoms with Gasteiger partial charge >= 0.3 is 5.97 Å². The highest BCUT2D eigenvalue weighted by Crippen LogP contribution is 2.38. The van der Waals surface area contributed by atoms with Gasteiger partial charge in [0, 0.05) is 21.8 Å². The number of ketones is 1. The van der Waals surface area contributed by atoms with Crippen LogP contribution in [-0.2, 0) is 9.53 Å². The van der Waals surface area contributed by atoms with Gasteiger partial charge in [-0.15, -0.1) is 11.8 Å². The molecule has 0 spiro atoms. The minimum absolute atomic E-state index is 0.0497. The first-order chi connectivity index (χ1) is 8.63. The SMILES string of the molecule is C=CC(=O)OCC1C(=O)c2ccccc2SC1C. The summed E-state index contributed by atoms with van der Waals surface area (Å²) >= 11 is 1.65. The molecule has 0 bridgehead atoms. The Morgan fingerprint density at radius 3 is 2.94 bits per heavy atom. The van der Waals surface area contributed by atoms with Crippen molar-refractivity contribution in [1.29, 1.82) is 0 Å². The number of carbonyl (C=O) groups excluding carboxylic acids is 2. The zero-order chi connectivity index (χ0) is 13.1. The molecule has 3 nitrogen and oxygen atoms in total. The largest absolute Gasteiger partial charge is 0.462 e. The first kappa shape index (κ1) is 12.9. The van der Waals surface area contributed by atoms with E-state index in [1.807, 2.05) is 31.2 Å². The highest BCUT2D eigenvalue weighted by molar-refractivity contribution is 8.00. The van der Waals surface area contributed by atoms with Crippen molar-refractivity contribution in [2.45, 2.75) is 17.1 Å². The Labute approximate surface area is 110 Å². The Kier molecular flexibility index (Phi) is 3.87. The molecular weight excluding hydrogens is 248 g/mol. The van der Waals surface area contributed by atoms with Crippen molar-refractivity contribution in [2.75, 3.05) is 6.61 Å². The fraction of sp³-hybridized carbons (Fsp3) is 0.286. The van der Waals surface area contributed by atoms with Crippen molar-refractivity contribution in [1.82, 2.24) is 0 Å². The number of fused-ring (bicyclic) bond motifs is 1. The minimum atomic E-state index is -0.487. The average Bonchev–Trinajstić information content (AvgIpc) is 2.38. The van der Waals surface area contributed by atoms with E-state index in [2.05, 4.69) is 6.58 Å². The number of carbonyl (C=O) groups is 2. The maximum Gasteiger partial charge on any atom is 0.330 e. The van der Waals surface area contributed by atoms with Gasteiger partial charge in [0.15, 0.2) is 5.78 Å². The van der Waals surface area contributed by atoms with Gasteiger partial charge in [-0.2, -0.15) is 0 Å². The molecule has 0 aliphatic carbocycles. The summed E-state index contributed by atoms with van der Waals surface area (Å²) in [5, 5.41) is 0.102. The lowest BCUT2D eigenvalue weighted by molar-refractivity contribution is -0.138. The molecule has 18 heavy (non-hydrogen) atoms. The summed E-state index contributed by atoms with van der Waals surface area (Å²) in [7, 11) is 0. The zero-order valence-electron chi connectivity index (χ0n) is 10.1. The first-order valence-electron chi connectivity index (χ1n) is 5.72. The molecule has 0 saturated carbocycles. The van der Waals surface area contributed by atoms with Crippen LogP contribution < -0.4 is 0 Å². The fourth-order valence-corrected chi connectivity index (χ4v) is 3.13. The molecule has 1 aromatic rings. The van der Waals surface area contributed by atoms with E-state index in [9.17, 15) is 9.59 Å². The first-order valence-corrected chi connectivity index (χ1v) is 6.60. The number of thioether (sulfide) groups is 1. The predicted molar refractivity (Wildman–Crippen MR) is 70.7 cm³/mol. The third-order valence-electron chi connectivity index (χ3n) is 2.94. The number of hydrogen-bond donors (Lipinski definition) is 0. The van der Waals surface area contributed by atoms with E-state index in [-0.39, 0.29) is 23.6 Å². The van der Waals surface area contributed by atoms with Gasteiger partial charge in [-0.1, -0.05) is 31.7 Å². The van der Waals surface area contributed by atoms with E-state index in [0.717, 1.165) is 16.5 Å². The smallest absolute Gasteiger partial charge is 0.330 e. The third kappa shape index (κ3) is 2.48. The number of ether oxygens (including phenoxy) is 1. The summed E-state index contributed by atoms with van der Waals surface area (Å²) in [5.41, 5.74) is 0.722. The van der Waals surface area contributed by atoms with Crippen molar-refractivity contribution >= 4 is 23.5 Å². The number of rotatable bonds is 3. The Balaban J connectivity index is 2.16. The number of esters is 1. The average molecular weight is 262 g/mol. The van der Waals surface area contributed by atoms with Crippen LogP contribution >= 0.6 is 11.8 Å². The molecule has 1 aliphatic heterocycles. The molecule has 0 N–H and O–H groups in total. The second-order valence-corrected chi connectivity index (χ2v) is 5.54. The predicted octanol–water partition coefficient (Wildman–Crippen LogP) is 2.71. The van der Waals surface area contributed by atoms with Gasteiger partial charge < -0.3 is 4.74 Å². The van der Waals surface area contributed by atoms with Crippen LogP contribution in [0.5, 0.6) is 0 Å². The molecule has 0 aromatic heterocycles. The molecule has 2 unspecified atom stereocenters. The molecule has 1 aromatic carbocycles. The van der Waals surface area contributed by atoms with Gasteiger partial charge in [-0.25, -0.2) is 4.79 Å². The van der Waals surface area contributed by atoms with Gasteiger partial charge in [0.1, 0.15) is 6.61 Å². The minimum Gasteiger partial charge on any atom is -0.462 e. The van der Waals surface area contributed by atoms with Crippen LogP contribution in [0.1, 0.15) is 17.3 Å². The molecule has 0 fully saturated rings. The topological polar surface area (TPSA) is 43.4 Å². The highest BCUT2D eigenvalue weighted by Gasteiger charge is 2.34. The molecule has 2 atom stereocenters. The second kappa shape index (κ2) is 5.40. The molecule has 0 radical (unpaired) electrons. The van der Waals surface area contributed by atoms with Crippen LogP contribution in [-0.4, -0.2) is 23.6 Å². The quantitative estimate of drug-likeness (QED) is 0.620. The second-order valence-electron chi connectivity index (χ2n) is 4.12. The lowest BCUT2D eigenvalue weighted by Gasteiger charge is -2.28. The summed E-state index contributed by atoms with van der Waals surface area (Å²) in [6.07, 6.45) is 1.11. The summed E-state index contributed by atoms with van der Waals surface area (Å²) in [5.74, 6) is -0.721. The number of benzene rings is 1. The van der Waals surface area contributed by atoms with Crippen molar-refractivity contribution in [3.63, 3.8) is 0 Å². The maximum atomic E-state index is 12.3. The van der Waals surface area contributed by atoms with Crippen LogP contribution in [0.3, 0.4) is 0 Å². The summed E-state index contributed by atoms with van der Waals surface area (Å²) < 4.78 is 5.00. The van der Waals surface area contributed by atoms with Gasteiger partial charge in [0.2, 0.25) is 0 Å². The van der Waals surface area contributed by atoms with E-state index in [4.69, 9.17) is 4.74 Å². The van der Waals surface area contributed by atoms with E-state index < -0.39 is 5.97 Å². The summed E-state index contributed by atoms with van der Waals surface area (Å²) in [4.78, 5) is 24.4. The van der Waals surface area contributed by atoms with E-state index in [0.29, 0.717) is 0 Å².